The monoisotopic (exact) mass is 244 g/mol. The van der Waals surface area contributed by atoms with Crippen molar-refractivity contribution in [2.75, 3.05) is 0 Å². The number of ether oxygens (including phenoxy) is 1. The van der Waals surface area contributed by atoms with E-state index in [9.17, 15) is 4.79 Å². The molecule has 3 atom stereocenters. The largest absolute Gasteiger partial charge is 0.358 e. The molecule has 96 valence electrons. The molecule has 0 saturated heterocycles. The summed E-state index contributed by atoms with van der Waals surface area (Å²) in [7, 11) is 0. The Bertz CT molecular complexity index is 497. The van der Waals surface area contributed by atoms with E-state index in [1.165, 1.54) is 18.4 Å². The molecular weight excluding hydrogens is 224 g/mol. The zero-order valence-electron chi connectivity index (χ0n) is 11.2. The molecule has 2 nitrogen and oxygen atoms in total. The molecule has 0 aromatic carbocycles. The maximum atomic E-state index is 12.3. The number of hydrogen-bond acceptors (Lipinski definition) is 2. The van der Waals surface area contributed by atoms with Crippen molar-refractivity contribution >= 4 is 5.78 Å². The van der Waals surface area contributed by atoms with Gasteiger partial charge in [0.2, 0.25) is 0 Å². The third kappa shape index (κ3) is 1.20. The molecule has 0 radical (unpaired) electrons. The Morgan fingerprint density at radius 3 is 3.06 bits per heavy atom. The van der Waals surface area contributed by atoms with Crippen LogP contribution in [0.2, 0.25) is 0 Å². The predicted octanol–water partition coefficient (Wildman–Crippen LogP) is 3.18. The first-order valence-corrected chi connectivity index (χ1v) is 7.16. The first-order valence-electron chi connectivity index (χ1n) is 7.16. The molecule has 2 heterocycles. The molecule has 1 spiro atoms. The molecule has 2 aliphatic carbocycles. The summed E-state index contributed by atoms with van der Waals surface area (Å²) in [5, 5.41) is 0. The predicted molar refractivity (Wildman–Crippen MR) is 69.1 cm³/mol. The van der Waals surface area contributed by atoms with Crippen molar-refractivity contribution in [2.24, 2.45) is 11.3 Å². The van der Waals surface area contributed by atoms with Crippen molar-refractivity contribution in [1.82, 2.24) is 0 Å². The lowest BCUT2D eigenvalue weighted by molar-refractivity contribution is -0.117. The van der Waals surface area contributed by atoms with Crippen molar-refractivity contribution in [2.45, 2.75) is 57.7 Å². The molecule has 0 aromatic heterocycles. The van der Waals surface area contributed by atoms with Gasteiger partial charge in [0.05, 0.1) is 5.60 Å². The van der Waals surface area contributed by atoms with Crippen molar-refractivity contribution in [3.05, 3.63) is 23.3 Å². The summed E-state index contributed by atoms with van der Waals surface area (Å²) >= 11 is 0. The fourth-order valence-electron chi connectivity index (χ4n) is 4.54. The van der Waals surface area contributed by atoms with Crippen molar-refractivity contribution in [1.29, 1.82) is 0 Å². The van der Waals surface area contributed by atoms with Gasteiger partial charge in [-0.3, -0.25) is 4.79 Å². The smallest absolute Gasteiger partial charge is 0.162 e. The Labute approximate surface area is 108 Å². The number of fused-ring (bicyclic) bond motifs is 2. The Morgan fingerprint density at radius 1 is 1.39 bits per heavy atom. The lowest BCUT2D eigenvalue weighted by atomic mass is 9.76. The van der Waals surface area contributed by atoms with Crippen LogP contribution in [0.15, 0.2) is 23.3 Å². The standard InChI is InChI=1S/C16H20O2/c1-15(2)9-12(17)14-11(15)8-10-4-3-6-16(10)7-5-13(14)18-16/h5,7,10,13H,3-4,6,8-9H2,1-2H3/t10-,13+,16-/m0/s1. The van der Waals surface area contributed by atoms with Gasteiger partial charge in [0, 0.05) is 12.0 Å². The van der Waals surface area contributed by atoms with Gasteiger partial charge in [-0.05, 0) is 37.0 Å². The molecule has 0 aromatic rings. The highest BCUT2D eigenvalue weighted by molar-refractivity contribution is 6.01. The molecule has 0 unspecified atom stereocenters. The van der Waals surface area contributed by atoms with Crippen LogP contribution < -0.4 is 0 Å². The third-order valence-corrected chi connectivity index (χ3v) is 5.49. The number of hydrogen-bond donors (Lipinski definition) is 0. The van der Waals surface area contributed by atoms with Gasteiger partial charge in [0.1, 0.15) is 6.10 Å². The molecule has 1 fully saturated rings. The van der Waals surface area contributed by atoms with Crippen LogP contribution in [0.4, 0.5) is 0 Å². The van der Waals surface area contributed by atoms with E-state index in [4.69, 9.17) is 4.74 Å². The van der Waals surface area contributed by atoms with Crippen LogP contribution in [0.3, 0.4) is 0 Å². The Balaban J connectivity index is 1.86. The SMILES string of the molecule is CC1(C)CC(=O)C2=C1C[C@@H]1CCC[C@]13C=C[C@H]2O3. The summed E-state index contributed by atoms with van der Waals surface area (Å²) in [4.78, 5) is 12.3. The molecule has 0 N–H and O–H groups in total. The number of allylic oxidation sites excluding steroid dienone is 1. The summed E-state index contributed by atoms with van der Waals surface area (Å²) in [6.07, 6.45) is 9.76. The van der Waals surface area contributed by atoms with E-state index in [2.05, 4.69) is 26.0 Å². The zero-order chi connectivity index (χ0) is 12.5. The second-order valence-electron chi connectivity index (χ2n) is 7.02. The van der Waals surface area contributed by atoms with E-state index in [-0.39, 0.29) is 17.1 Å². The van der Waals surface area contributed by atoms with E-state index in [0.717, 1.165) is 18.4 Å². The highest BCUT2D eigenvalue weighted by Crippen LogP contribution is 2.56. The second-order valence-corrected chi connectivity index (χ2v) is 7.02. The summed E-state index contributed by atoms with van der Waals surface area (Å²) in [6, 6.07) is 0. The molecule has 2 heteroatoms. The molecule has 4 aliphatic rings. The van der Waals surface area contributed by atoms with Gasteiger partial charge in [0.25, 0.3) is 0 Å². The van der Waals surface area contributed by atoms with E-state index < -0.39 is 0 Å². The van der Waals surface area contributed by atoms with Crippen molar-refractivity contribution < 1.29 is 9.53 Å². The van der Waals surface area contributed by atoms with Gasteiger partial charge in [-0.15, -0.1) is 0 Å². The maximum Gasteiger partial charge on any atom is 0.162 e. The van der Waals surface area contributed by atoms with Gasteiger partial charge < -0.3 is 4.74 Å². The van der Waals surface area contributed by atoms with E-state index >= 15 is 0 Å². The van der Waals surface area contributed by atoms with Gasteiger partial charge in [-0.2, -0.15) is 0 Å². The minimum absolute atomic E-state index is 0.0363. The Hall–Kier alpha value is -0.890. The maximum absolute atomic E-state index is 12.3. The minimum atomic E-state index is -0.0441. The topological polar surface area (TPSA) is 26.3 Å². The number of carbonyl (C=O) groups excluding carboxylic acids is 1. The second kappa shape index (κ2) is 3.16. The van der Waals surface area contributed by atoms with Crippen molar-refractivity contribution in [3.63, 3.8) is 0 Å². The highest BCUT2D eigenvalue weighted by atomic mass is 16.5. The van der Waals surface area contributed by atoms with Crippen molar-refractivity contribution in [3.8, 4) is 0 Å². The molecular formula is C16H20O2. The quantitative estimate of drug-likeness (QED) is 0.612. The van der Waals surface area contributed by atoms with Gasteiger partial charge in [-0.25, -0.2) is 0 Å². The van der Waals surface area contributed by atoms with Crippen LogP contribution in [0, 0.1) is 11.3 Å². The van der Waals surface area contributed by atoms with E-state index in [0.29, 0.717) is 18.1 Å². The fourth-order valence-corrected chi connectivity index (χ4v) is 4.54. The van der Waals surface area contributed by atoms with E-state index in [1.54, 1.807) is 0 Å². The van der Waals surface area contributed by atoms with Crippen LogP contribution in [0.5, 0.6) is 0 Å². The van der Waals surface area contributed by atoms with Gasteiger partial charge in [0.15, 0.2) is 5.78 Å². The summed E-state index contributed by atoms with van der Waals surface area (Å²) in [5.74, 6) is 0.915. The summed E-state index contributed by atoms with van der Waals surface area (Å²) < 4.78 is 6.32. The lowest BCUT2D eigenvalue weighted by Gasteiger charge is -2.31. The van der Waals surface area contributed by atoms with Crippen LogP contribution in [0.25, 0.3) is 0 Å². The van der Waals surface area contributed by atoms with Crippen LogP contribution in [-0.4, -0.2) is 17.5 Å². The first-order chi connectivity index (χ1) is 8.52. The van der Waals surface area contributed by atoms with E-state index in [1.807, 2.05) is 0 Å². The Kier molecular flexibility index (Phi) is 1.93. The fraction of sp³-hybridized carbons (Fsp3) is 0.688. The van der Waals surface area contributed by atoms with Gasteiger partial charge >= 0.3 is 0 Å². The minimum Gasteiger partial charge on any atom is -0.358 e. The number of ketones is 1. The highest BCUT2D eigenvalue weighted by Gasteiger charge is 2.54. The molecule has 1 saturated carbocycles. The normalized spacial score (nSPS) is 44.2. The number of carbonyl (C=O) groups is 1. The average molecular weight is 244 g/mol. The molecule has 2 bridgehead atoms. The van der Waals surface area contributed by atoms with Crippen LogP contribution >= 0.6 is 0 Å². The molecule has 2 aliphatic heterocycles. The average Bonchev–Trinajstić information content (AvgIpc) is 2.88. The van der Waals surface area contributed by atoms with Crippen LogP contribution in [0.1, 0.15) is 46.0 Å². The van der Waals surface area contributed by atoms with Gasteiger partial charge in [-0.1, -0.05) is 31.6 Å². The molecule has 0 amide bonds. The molecule has 18 heavy (non-hydrogen) atoms. The lowest BCUT2D eigenvalue weighted by Crippen LogP contribution is -2.33. The Morgan fingerprint density at radius 2 is 2.22 bits per heavy atom. The molecule has 4 rings (SSSR count). The number of Topliss-reactive ketones (excluding diaryl/α,β-unsaturated/α-hetero) is 1. The third-order valence-electron chi connectivity index (χ3n) is 5.49. The summed E-state index contributed by atoms with van der Waals surface area (Å²) in [5.41, 5.74) is 2.42. The summed E-state index contributed by atoms with van der Waals surface area (Å²) in [6.45, 7) is 4.44. The first kappa shape index (κ1) is 11.0. The number of rotatable bonds is 0. The van der Waals surface area contributed by atoms with Crippen LogP contribution in [-0.2, 0) is 9.53 Å². The zero-order valence-corrected chi connectivity index (χ0v) is 11.2.